The molecule has 0 heterocycles. The van der Waals surface area contributed by atoms with Crippen LogP contribution in [0.2, 0.25) is 0 Å². The second-order valence-corrected chi connectivity index (χ2v) is 8.77. The summed E-state index contributed by atoms with van der Waals surface area (Å²) in [6.45, 7) is 4.24. The lowest BCUT2D eigenvalue weighted by Crippen LogP contribution is -2.41. The summed E-state index contributed by atoms with van der Waals surface area (Å²) in [6, 6.07) is 0. The molecule has 0 aromatic rings. The van der Waals surface area contributed by atoms with Crippen molar-refractivity contribution in [1.82, 2.24) is 0 Å². The first-order chi connectivity index (χ1) is 12.3. The molecule has 5 heteroatoms. The van der Waals surface area contributed by atoms with Crippen molar-refractivity contribution in [3.05, 3.63) is 0 Å². The van der Waals surface area contributed by atoms with Crippen LogP contribution in [0, 0.1) is 22.7 Å². The second kappa shape index (κ2) is 8.53. The summed E-state index contributed by atoms with van der Waals surface area (Å²) in [4.78, 5) is 36.6. The van der Waals surface area contributed by atoms with Gasteiger partial charge < -0.3 is 10.2 Å². The van der Waals surface area contributed by atoms with E-state index < -0.39 is 22.8 Å². The van der Waals surface area contributed by atoms with Gasteiger partial charge in [-0.1, -0.05) is 26.7 Å². The average Bonchev–Trinajstić information content (AvgIpc) is 2.62. The zero-order valence-corrected chi connectivity index (χ0v) is 16.3. The molecule has 0 aliphatic heterocycles. The highest BCUT2D eigenvalue weighted by Gasteiger charge is 2.47. The molecule has 2 aliphatic carbocycles. The SMILES string of the molecule is CCC1CCC(CC(=O)CC2(C(=O)O)CCC(CC)CC2)(C(=O)O)CC1. The Morgan fingerprint density at radius 1 is 0.731 bits per heavy atom. The molecule has 0 spiro atoms. The van der Waals surface area contributed by atoms with Crippen LogP contribution in [-0.2, 0) is 14.4 Å². The Morgan fingerprint density at radius 3 is 1.27 bits per heavy atom. The molecule has 2 N–H and O–H groups in total. The van der Waals surface area contributed by atoms with E-state index in [2.05, 4.69) is 13.8 Å². The lowest BCUT2D eigenvalue weighted by molar-refractivity contribution is -0.157. The Morgan fingerprint density at radius 2 is 1.04 bits per heavy atom. The highest BCUT2D eigenvalue weighted by molar-refractivity contribution is 5.90. The third kappa shape index (κ3) is 4.47. The van der Waals surface area contributed by atoms with Crippen LogP contribution in [-0.4, -0.2) is 27.9 Å². The fraction of sp³-hybridized carbons (Fsp3) is 0.857. The number of ketones is 1. The van der Waals surface area contributed by atoms with Crippen molar-refractivity contribution in [2.45, 2.75) is 90.9 Å². The average molecular weight is 366 g/mol. The van der Waals surface area contributed by atoms with E-state index in [1.165, 1.54) is 0 Å². The molecule has 2 fully saturated rings. The maximum atomic E-state index is 12.8. The van der Waals surface area contributed by atoms with Gasteiger partial charge in [0, 0.05) is 12.8 Å². The number of rotatable bonds is 8. The van der Waals surface area contributed by atoms with Gasteiger partial charge in [-0.15, -0.1) is 0 Å². The van der Waals surface area contributed by atoms with Crippen molar-refractivity contribution in [2.24, 2.45) is 22.7 Å². The van der Waals surface area contributed by atoms with Crippen molar-refractivity contribution in [2.75, 3.05) is 0 Å². The molecule has 0 bridgehead atoms. The summed E-state index contributed by atoms with van der Waals surface area (Å²) in [5, 5.41) is 19.5. The van der Waals surface area contributed by atoms with Crippen molar-refractivity contribution < 1.29 is 24.6 Å². The number of carbonyl (C=O) groups excluding carboxylic acids is 1. The quantitative estimate of drug-likeness (QED) is 0.651. The smallest absolute Gasteiger partial charge is 0.310 e. The minimum Gasteiger partial charge on any atom is -0.481 e. The van der Waals surface area contributed by atoms with Crippen LogP contribution in [0.25, 0.3) is 0 Å². The molecule has 26 heavy (non-hydrogen) atoms. The van der Waals surface area contributed by atoms with E-state index in [4.69, 9.17) is 0 Å². The van der Waals surface area contributed by atoms with E-state index >= 15 is 0 Å². The van der Waals surface area contributed by atoms with E-state index in [1.807, 2.05) is 0 Å². The zero-order chi connectivity index (χ0) is 19.4. The van der Waals surface area contributed by atoms with Crippen LogP contribution >= 0.6 is 0 Å². The maximum Gasteiger partial charge on any atom is 0.310 e. The molecule has 2 saturated carbocycles. The number of carbonyl (C=O) groups is 3. The van der Waals surface area contributed by atoms with Gasteiger partial charge in [0.15, 0.2) is 0 Å². The first-order valence-corrected chi connectivity index (χ1v) is 10.3. The second-order valence-electron chi connectivity index (χ2n) is 8.77. The van der Waals surface area contributed by atoms with Crippen LogP contribution < -0.4 is 0 Å². The first kappa shape index (κ1) is 20.9. The summed E-state index contributed by atoms with van der Waals surface area (Å²) in [5.41, 5.74) is -1.97. The molecule has 0 radical (unpaired) electrons. The predicted molar refractivity (Wildman–Crippen MR) is 98.9 cm³/mol. The van der Waals surface area contributed by atoms with Gasteiger partial charge in [0.1, 0.15) is 5.78 Å². The number of Topliss-reactive ketones (excluding diaryl/α,β-unsaturated/α-hetero) is 1. The third-order valence-electron chi connectivity index (χ3n) is 7.26. The molecule has 0 saturated heterocycles. The molecule has 0 aromatic heterocycles. The van der Waals surface area contributed by atoms with Crippen LogP contribution in [0.4, 0.5) is 0 Å². The molecule has 0 unspecified atom stereocenters. The Hall–Kier alpha value is -1.39. The molecular weight excluding hydrogens is 332 g/mol. The van der Waals surface area contributed by atoms with Gasteiger partial charge in [-0.2, -0.15) is 0 Å². The van der Waals surface area contributed by atoms with Crippen LogP contribution in [0.15, 0.2) is 0 Å². The van der Waals surface area contributed by atoms with Crippen molar-refractivity contribution >= 4 is 17.7 Å². The van der Waals surface area contributed by atoms with Crippen LogP contribution in [0.3, 0.4) is 0 Å². The fourth-order valence-electron chi connectivity index (χ4n) is 5.03. The highest BCUT2D eigenvalue weighted by Crippen LogP contribution is 2.46. The molecule has 2 rings (SSSR count). The minimum atomic E-state index is -0.983. The summed E-state index contributed by atoms with van der Waals surface area (Å²) in [5.74, 6) is -0.863. The molecule has 0 amide bonds. The molecule has 148 valence electrons. The van der Waals surface area contributed by atoms with Crippen molar-refractivity contribution in [3.63, 3.8) is 0 Å². The highest BCUT2D eigenvalue weighted by atomic mass is 16.4. The Balaban J connectivity index is 2.05. The molecule has 0 aromatic carbocycles. The number of hydrogen-bond acceptors (Lipinski definition) is 3. The van der Waals surface area contributed by atoms with Gasteiger partial charge in [0.25, 0.3) is 0 Å². The Bertz CT molecular complexity index is 477. The normalized spacial score (nSPS) is 35.0. The first-order valence-electron chi connectivity index (χ1n) is 10.3. The third-order valence-corrected chi connectivity index (χ3v) is 7.26. The monoisotopic (exact) mass is 366 g/mol. The number of carboxylic acids is 2. The van der Waals surface area contributed by atoms with E-state index in [0.717, 1.165) is 38.5 Å². The minimum absolute atomic E-state index is 0.00892. The fourth-order valence-corrected chi connectivity index (χ4v) is 5.03. The molecule has 2 aliphatic rings. The van der Waals surface area contributed by atoms with Crippen molar-refractivity contribution in [3.8, 4) is 0 Å². The standard InChI is InChI=1S/C21H34O5/c1-3-15-5-9-20(10-6-15,18(23)24)13-17(22)14-21(19(25)26)11-7-16(4-2)8-12-21/h15-16H,3-14H2,1-2H3,(H,23,24)(H,25,26). The molecular formula is C21H34O5. The van der Waals surface area contributed by atoms with Gasteiger partial charge >= 0.3 is 11.9 Å². The summed E-state index contributed by atoms with van der Waals surface area (Å²) >= 11 is 0. The van der Waals surface area contributed by atoms with Gasteiger partial charge in [-0.05, 0) is 63.2 Å². The Labute approximate surface area is 156 Å². The van der Waals surface area contributed by atoms with Gasteiger partial charge in [-0.3, -0.25) is 14.4 Å². The maximum absolute atomic E-state index is 12.8. The molecule has 5 nitrogen and oxygen atoms in total. The van der Waals surface area contributed by atoms with Gasteiger partial charge in [-0.25, -0.2) is 0 Å². The zero-order valence-electron chi connectivity index (χ0n) is 16.3. The van der Waals surface area contributed by atoms with Gasteiger partial charge in [0.2, 0.25) is 0 Å². The van der Waals surface area contributed by atoms with E-state index in [1.54, 1.807) is 0 Å². The van der Waals surface area contributed by atoms with Crippen LogP contribution in [0.1, 0.15) is 90.9 Å². The number of aliphatic carboxylic acids is 2. The number of hydrogen-bond donors (Lipinski definition) is 2. The molecule has 0 atom stereocenters. The lowest BCUT2D eigenvalue weighted by atomic mass is 9.64. The topological polar surface area (TPSA) is 91.7 Å². The van der Waals surface area contributed by atoms with E-state index in [-0.39, 0.29) is 18.6 Å². The summed E-state index contributed by atoms with van der Waals surface area (Å²) < 4.78 is 0. The number of carboxylic acid groups (broad SMARTS) is 2. The summed E-state index contributed by atoms with van der Waals surface area (Å²) in [6.07, 6.45) is 7.59. The largest absolute Gasteiger partial charge is 0.481 e. The van der Waals surface area contributed by atoms with E-state index in [0.29, 0.717) is 37.5 Å². The van der Waals surface area contributed by atoms with Crippen molar-refractivity contribution in [1.29, 1.82) is 0 Å². The lowest BCUT2D eigenvalue weighted by Gasteiger charge is -2.39. The summed E-state index contributed by atoms with van der Waals surface area (Å²) in [7, 11) is 0. The Kier molecular flexibility index (Phi) is 6.86. The van der Waals surface area contributed by atoms with Gasteiger partial charge in [0.05, 0.1) is 10.8 Å². The van der Waals surface area contributed by atoms with Crippen LogP contribution in [0.5, 0.6) is 0 Å². The van der Waals surface area contributed by atoms with E-state index in [9.17, 15) is 24.6 Å². The predicted octanol–water partition coefficient (Wildman–Crippen LogP) is 4.68.